The Kier molecular flexibility index (Phi) is 10.9. The van der Waals surface area contributed by atoms with Gasteiger partial charge in [0.15, 0.2) is 0 Å². The first kappa shape index (κ1) is 48.0. The third kappa shape index (κ3) is 7.35. The second-order valence-corrected chi connectivity index (χ2v) is 24.0. The van der Waals surface area contributed by atoms with Crippen molar-refractivity contribution in [2.45, 2.75) is 63.8 Å². The van der Waals surface area contributed by atoms with Crippen LogP contribution in [0.25, 0.3) is 44.5 Å². The minimum absolute atomic E-state index is 0.0195. The lowest BCUT2D eigenvalue weighted by atomic mass is 9.33. The van der Waals surface area contributed by atoms with E-state index in [1.54, 1.807) is 0 Å². The number of nitrogens with zero attached hydrogens (tertiary/aromatic N) is 3. The standard InChI is InChI=1S/C76H62BN3/c1-74(2,3)60-38-41-68-65(48-60)75(4)43-42-55-30-18-19-35-64(55)76(75,5)80(68)63-49-71-73-72(50-63)79(62-34-21-32-57(45-62)52-24-12-7-13-25-52)70-47-59(54-28-16-9-17-29-54)37-40-67(70)77(73)66-39-36-58(53-26-14-8-15-27-53)46-69(66)78(71)61-33-20-31-56(44-61)51-22-10-6-11-23-51/h6-41,44-50H,42-43H2,1-5H3. The van der Waals surface area contributed by atoms with Crippen molar-refractivity contribution in [1.29, 1.82) is 0 Å². The molecular formula is C76H62BN3. The number of hydrogen-bond acceptors (Lipinski definition) is 3. The summed E-state index contributed by atoms with van der Waals surface area (Å²) in [6.07, 6.45) is 2.07. The molecule has 2 atom stereocenters. The van der Waals surface area contributed by atoms with Crippen LogP contribution < -0.4 is 31.1 Å². The summed E-state index contributed by atoms with van der Waals surface area (Å²) in [6, 6.07) is 98.5. The molecule has 80 heavy (non-hydrogen) atoms. The van der Waals surface area contributed by atoms with Crippen LogP contribution in [0.3, 0.4) is 0 Å². The van der Waals surface area contributed by atoms with E-state index in [0.717, 1.165) is 24.2 Å². The molecule has 1 aliphatic carbocycles. The fraction of sp³-hybridized carbons (Fsp3) is 0.132. The predicted octanol–water partition coefficient (Wildman–Crippen LogP) is 18.0. The largest absolute Gasteiger partial charge is 0.330 e. The van der Waals surface area contributed by atoms with Crippen molar-refractivity contribution in [3.05, 3.63) is 283 Å². The van der Waals surface area contributed by atoms with Gasteiger partial charge in [0.2, 0.25) is 0 Å². The molecule has 0 spiro atoms. The molecule has 0 fully saturated rings. The van der Waals surface area contributed by atoms with Crippen LogP contribution in [0.2, 0.25) is 0 Å². The van der Waals surface area contributed by atoms with Crippen molar-refractivity contribution >= 4 is 68.6 Å². The second kappa shape index (κ2) is 18.2. The molecule has 3 aliphatic heterocycles. The average molecular weight is 1030 g/mol. The summed E-state index contributed by atoms with van der Waals surface area (Å²) in [5.74, 6) is 0. The third-order valence-corrected chi connectivity index (χ3v) is 18.6. The Morgan fingerprint density at radius 3 is 1.30 bits per heavy atom. The number of benzene rings is 11. The van der Waals surface area contributed by atoms with Gasteiger partial charge in [0.25, 0.3) is 6.71 Å². The summed E-state index contributed by atoms with van der Waals surface area (Å²) in [5, 5.41) is 0. The number of anilines is 8. The Hall–Kier alpha value is -9.12. The first-order valence-corrected chi connectivity index (χ1v) is 28.6. The Bertz CT molecular complexity index is 4020. The summed E-state index contributed by atoms with van der Waals surface area (Å²) in [5.41, 5.74) is 27.8. The smallest absolute Gasteiger partial charge is 0.252 e. The van der Waals surface area contributed by atoms with Gasteiger partial charge < -0.3 is 14.7 Å². The van der Waals surface area contributed by atoms with E-state index < -0.39 is 5.54 Å². The summed E-state index contributed by atoms with van der Waals surface area (Å²) < 4.78 is 0. The highest BCUT2D eigenvalue weighted by atomic mass is 15.3. The van der Waals surface area contributed by atoms with E-state index in [4.69, 9.17) is 0 Å². The van der Waals surface area contributed by atoms with Crippen molar-refractivity contribution in [3.63, 3.8) is 0 Å². The molecule has 384 valence electrons. The van der Waals surface area contributed by atoms with E-state index in [-0.39, 0.29) is 17.5 Å². The van der Waals surface area contributed by atoms with Crippen molar-refractivity contribution in [3.8, 4) is 44.5 Å². The zero-order valence-corrected chi connectivity index (χ0v) is 46.2. The topological polar surface area (TPSA) is 9.72 Å². The zero-order chi connectivity index (χ0) is 53.9. The zero-order valence-electron chi connectivity index (χ0n) is 46.2. The van der Waals surface area contributed by atoms with Crippen LogP contribution in [0, 0.1) is 0 Å². The number of rotatable bonds is 7. The lowest BCUT2D eigenvalue weighted by Crippen LogP contribution is -2.61. The fourth-order valence-electron chi connectivity index (χ4n) is 14.4. The van der Waals surface area contributed by atoms with Crippen molar-refractivity contribution < 1.29 is 0 Å². The van der Waals surface area contributed by atoms with E-state index in [9.17, 15) is 0 Å². The molecule has 0 saturated carbocycles. The summed E-state index contributed by atoms with van der Waals surface area (Å²) >= 11 is 0. The van der Waals surface area contributed by atoms with Gasteiger partial charge >= 0.3 is 0 Å². The van der Waals surface area contributed by atoms with Crippen molar-refractivity contribution in [2.75, 3.05) is 14.7 Å². The Morgan fingerprint density at radius 2 is 0.812 bits per heavy atom. The van der Waals surface area contributed by atoms with Crippen LogP contribution in [0.15, 0.2) is 261 Å². The van der Waals surface area contributed by atoms with Gasteiger partial charge in [-0.15, -0.1) is 0 Å². The molecule has 0 bridgehead atoms. The Morgan fingerprint density at radius 1 is 0.362 bits per heavy atom. The highest BCUT2D eigenvalue weighted by Crippen LogP contribution is 2.65. The SMILES string of the molecule is CC(C)(C)c1ccc2c(c1)C1(C)CCc3ccccc3C1(C)N2c1cc2c3c(c1)N(c1cccc(-c4ccccc4)c1)c1cc(-c4ccccc4)ccc1B3c1ccc(-c3ccccc3)cc1N2c1cccc(-c2ccccc2)c1. The molecule has 11 aromatic carbocycles. The number of aryl methyl sites for hydroxylation is 1. The number of hydrogen-bond donors (Lipinski definition) is 0. The van der Waals surface area contributed by atoms with E-state index in [1.165, 1.54) is 117 Å². The molecule has 0 amide bonds. The molecule has 0 aromatic heterocycles. The monoisotopic (exact) mass is 1030 g/mol. The van der Waals surface area contributed by atoms with Crippen LogP contribution in [-0.4, -0.2) is 6.71 Å². The Labute approximate surface area is 472 Å². The quantitative estimate of drug-likeness (QED) is 0.147. The molecule has 4 aliphatic rings. The van der Waals surface area contributed by atoms with Gasteiger partial charge in [-0.25, -0.2) is 0 Å². The lowest BCUT2D eigenvalue weighted by molar-refractivity contribution is 0.245. The van der Waals surface area contributed by atoms with Crippen LogP contribution in [-0.2, 0) is 22.8 Å². The highest BCUT2D eigenvalue weighted by Gasteiger charge is 2.60. The van der Waals surface area contributed by atoms with Gasteiger partial charge in [0.05, 0.1) is 5.54 Å². The minimum Gasteiger partial charge on any atom is -0.330 e. The van der Waals surface area contributed by atoms with Crippen LogP contribution in [0.4, 0.5) is 45.5 Å². The van der Waals surface area contributed by atoms with Crippen molar-refractivity contribution in [1.82, 2.24) is 0 Å². The summed E-state index contributed by atoms with van der Waals surface area (Å²) in [4.78, 5) is 8.01. The van der Waals surface area contributed by atoms with Crippen molar-refractivity contribution in [2.24, 2.45) is 0 Å². The molecule has 0 radical (unpaired) electrons. The number of fused-ring (bicyclic) bond motifs is 9. The molecule has 4 heteroatoms. The molecule has 0 N–H and O–H groups in total. The maximum atomic E-state index is 2.78. The van der Waals surface area contributed by atoms with Gasteiger partial charge in [0.1, 0.15) is 0 Å². The minimum atomic E-state index is -0.447. The molecule has 0 saturated heterocycles. The van der Waals surface area contributed by atoms with Gasteiger partial charge in [-0.2, -0.15) is 0 Å². The van der Waals surface area contributed by atoms with E-state index >= 15 is 0 Å². The fourth-order valence-corrected chi connectivity index (χ4v) is 14.4. The van der Waals surface area contributed by atoms with Crippen LogP contribution >= 0.6 is 0 Å². The summed E-state index contributed by atoms with van der Waals surface area (Å²) in [7, 11) is 0. The average Bonchev–Trinajstić information content (AvgIpc) is 3.80. The first-order chi connectivity index (χ1) is 39.0. The molecule has 2 unspecified atom stereocenters. The molecule has 11 aromatic rings. The molecule has 3 heterocycles. The van der Waals surface area contributed by atoms with E-state index in [2.05, 4.69) is 310 Å². The third-order valence-electron chi connectivity index (χ3n) is 18.6. The molecular weight excluding hydrogens is 966 g/mol. The lowest BCUT2D eigenvalue weighted by Gasteiger charge is -2.52. The van der Waals surface area contributed by atoms with Gasteiger partial charge in [-0.05, 0) is 163 Å². The molecule has 3 nitrogen and oxygen atoms in total. The maximum Gasteiger partial charge on any atom is 0.252 e. The molecule has 15 rings (SSSR count). The highest BCUT2D eigenvalue weighted by molar-refractivity contribution is 7.00. The Balaban J connectivity index is 1.08. The van der Waals surface area contributed by atoms with Gasteiger partial charge in [-0.1, -0.05) is 234 Å². The van der Waals surface area contributed by atoms with Gasteiger partial charge in [-0.3, -0.25) is 0 Å². The maximum absolute atomic E-state index is 2.78. The van der Waals surface area contributed by atoms with E-state index in [0.29, 0.717) is 0 Å². The van der Waals surface area contributed by atoms with Crippen LogP contribution in [0.5, 0.6) is 0 Å². The summed E-state index contributed by atoms with van der Waals surface area (Å²) in [6.45, 7) is 12.1. The van der Waals surface area contributed by atoms with Gasteiger partial charge in [0, 0.05) is 50.9 Å². The van der Waals surface area contributed by atoms with E-state index in [1.807, 2.05) is 0 Å². The normalized spacial score (nSPS) is 17.5. The second-order valence-electron chi connectivity index (χ2n) is 24.0. The van der Waals surface area contributed by atoms with Crippen LogP contribution in [0.1, 0.15) is 63.3 Å². The predicted molar refractivity (Wildman–Crippen MR) is 339 cm³/mol. The first-order valence-electron chi connectivity index (χ1n) is 28.6.